The fourth-order valence-corrected chi connectivity index (χ4v) is 3.64. The molecule has 0 bridgehead atoms. The molecule has 7 heteroatoms. The second kappa shape index (κ2) is 16.0. The minimum atomic E-state index is -1.54. The van der Waals surface area contributed by atoms with Crippen LogP contribution in [-0.2, 0) is 14.3 Å². The molecule has 0 saturated carbocycles. The summed E-state index contributed by atoms with van der Waals surface area (Å²) < 4.78 is 10.2. The van der Waals surface area contributed by atoms with Crippen molar-refractivity contribution in [3.8, 4) is 0 Å². The Morgan fingerprint density at radius 3 is 1.72 bits per heavy atom. The summed E-state index contributed by atoms with van der Waals surface area (Å²) in [6.07, 6.45) is 9.10. The second-order valence-corrected chi connectivity index (χ2v) is 8.18. The van der Waals surface area contributed by atoms with Crippen LogP contribution in [0.3, 0.4) is 0 Å². The number of hydrogen-bond donors (Lipinski definition) is 4. The van der Waals surface area contributed by atoms with Gasteiger partial charge in [0, 0.05) is 6.42 Å². The Hall–Kier alpha value is -0.730. The van der Waals surface area contributed by atoms with Crippen LogP contribution in [0.25, 0.3) is 0 Å². The third-order valence-corrected chi connectivity index (χ3v) is 5.58. The van der Waals surface area contributed by atoms with Crippen LogP contribution < -0.4 is 0 Å². The van der Waals surface area contributed by atoms with Crippen LogP contribution >= 0.6 is 0 Å². The molecule has 1 fully saturated rings. The van der Waals surface area contributed by atoms with Crippen molar-refractivity contribution in [2.75, 3.05) is 6.61 Å². The van der Waals surface area contributed by atoms with Gasteiger partial charge in [-0.1, -0.05) is 84.0 Å². The number of carbonyl (C=O) groups excluding carboxylic acids is 1. The third kappa shape index (κ3) is 10.7. The van der Waals surface area contributed by atoms with Gasteiger partial charge in [-0.05, 0) is 6.42 Å². The number of esters is 1. The molecule has 0 amide bonds. The van der Waals surface area contributed by atoms with Gasteiger partial charge in [0.15, 0.2) is 0 Å². The lowest BCUT2D eigenvalue weighted by atomic mass is 9.99. The predicted octanol–water partition coefficient (Wildman–Crippen LogP) is 2.81. The minimum absolute atomic E-state index is 0.215. The van der Waals surface area contributed by atoms with Gasteiger partial charge in [-0.15, -0.1) is 0 Å². The first-order valence-electron chi connectivity index (χ1n) is 11.5. The lowest BCUT2D eigenvalue weighted by Crippen LogP contribution is -2.59. The van der Waals surface area contributed by atoms with Gasteiger partial charge >= 0.3 is 5.97 Å². The number of rotatable bonds is 16. The minimum Gasteiger partial charge on any atom is -0.433 e. The van der Waals surface area contributed by atoms with E-state index >= 15 is 0 Å². The molecular formula is C22H42O7. The van der Waals surface area contributed by atoms with Gasteiger partial charge in [-0.3, -0.25) is 4.79 Å². The van der Waals surface area contributed by atoms with Crippen molar-refractivity contribution in [1.82, 2.24) is 0 Å². The smallest absolute Gasteiger partial charge is 0.308 e. The molecule has 1 aliphatic heterocycles. The molecule has 0 unspecified atom stereocenters. The van der Waals surface area contributed by atoms with E-state index in [1.165, 1.54) is 64.2 Å². The molecule has 0 aliphatic carbocycles. The SMILES string of the molecule is CCCCCCCCCCCCCCCC(=O)O[C@H]1O[C@H](CO)[C@H](O)[C@H](O)[C@H]1O. The van der Waals surface area contributed by atoms with E-state index in [1.54, 1.807) is 0 Å². The Balaban J connectivity index is 2.00. The van der Waals surface area contributed by atoms with Gasteiger partial charge in [0.2, 0.25) is 6.29 Å². The maximum absolute atomic E-state index is 11.9. The normalized spacial score (nSPS) is 27.1. The molecule has 0 aromatic rings. The van der Waals surface area contributed by atoms with Crippen LogP contribution in [0.15, 0.2) is 0 Å². The molecule has 29 heavy (non-hydrogen) atoms. The Morgan fingerprint density at radius 1 is 0.759 bits per heavy atom. The number of unbranched alkanes of at least 4 members (excludes halogenated alkanes) is 12. The molecule has 0 spiro atoms. The molecule has 7 nitrogen and oxygen atoms in total. The lowest BCUT2D eigenvalue weighted by molar-refractivity contribution is -0.292. The summed E-state index contributed by atoms with van der Waals surface area (Å²) in [5.74, 6) is -0.516. The molecule has 0 radical (unpaired) electrons. The highest BCUT2D eigenvalue weighted by Crippen LogP contribution is 2.22. The number of carbonyl (C=O) groups is 1. The Bertz CT molecular complexity index is 416. The quantitative estimate of drug-likeness (QED) is 0.225. The summed E-state index contributed by atoms with van der Waals surface area (Å²) in [5.41, 5.74) is 0. The van der Waals surface area contributed by atoms with Gasteiger partial charge in [0.25, 0.3) is 0 Å². The average Bonchev–Trinajstić information content (AvgIpc) is 2.71. The molecule has 1 heterocycles. The van der Waals surface area contributed by atoms with E-state index in [0.29, 0.717) is 6.42 Å². The van der Waals surface area contributed by atoms with Crippen LogP contribution in [0.5, 0.6) is 0 Å². The molecule has 4 N–H and O–H groups in total. The van der Waals surface area contributed by atoms with E-state index in [2.05, 4.69) is 6.92 Å². The van der Waals surface area contributed by atoms with Crippen molar-refractivity contribution in [3.63, 3.8) is 0 Å². The summed E-state index contributed by atoms with van der Waals surface area (Å²) in [6, 6.07) is 0. The Labute approximate surface area is 175 Å². The van der Waals surface area contributed by atoms with E-state index in [4.69, 9.17) is 14.6 Å². The summed E-state index contributed by atoms with van der Waals surface area (Å²) in [4.78, 5) is 11.9. The van der Waals surface area contributed by atoms with Crippen molar-refractivity contribution in [1.29, 1.82) is 0 Å². The Morgan fingerprint density at radius 2 is 1.24 bits per heavy atom. The first kappa shape index (κ1) is 26.3. The van der Waals surface area contributed by atoms with Gasteiger partial charge in [-0.2, -0.15) is 0 Å². The fraction of sp³-hybridized carbons (Fsp3) is 0.955. The average molecular weight is 419 g/mol. The van der Waals surface area contributed by atoms with Crippen molar-refractivity contribution in [2.45, 2.75) is 128 Å². The first-order valence-corrected chi connectivity index (χ1v) is 11.5. The highest BCUT2D eigenvalue weighted by Gasteiger charge is 2.45. The highest BCUT2D eigenvalue weighted by molar-refractivity contribution is 5.69. The molecule has 1 aliphatic rings. The molecule has 0 aromatic carbocycles. The van der Waals surface area contributed by atoms with Crippen LogP contribution in [0.2, 0.25) is 0 Å². The maximum atomic E-state index is 11.9. The van der Waals surface area contributed by atoms with Crippen molar-refractivity contribution in [3.05, 3.63) is 0 Å². The summed E-state index contributed by atoms with van der Waals surface area (Å²) in [5, 5.41) is 38.4. The highest BCUT2D eigenvalue weighted by atomic mass is 16.7. The zero-order valence-corrected chi connectivity index (χ0v) is 18.0. The zero-order chi connectivity index (χ0) is 21.5. The summed E-state index contributed by atoms with van der Waals surface area (Å²) >= 11 is 0. The van der Waals surface area contributed by atoms with Gasteiger partial charge < -0.3 is 29.9 Å². The van der Waals surface area contributed by atoms with Crippen molar-refractivity contribution >= 4 is 5.97 Å². The summed E-state index contributed by atoms with van der Waals surface area (Å²) in [7, 11) is 0. The number of aliphatic hydroxyl groups is 4. The molecule has 172 valence electrons. The van der Waals surface area contributed by atoms with E-state index < -0.39 is 43.3 Å². The standard InChI is InChI=1S/C22H42O7/c1-2-3-4-5-6-7-8-9-10-11-12-13-14-15-18(24)29-22-21(27)20(26)19(25)17(16-23)28-22/h17,19-23,25-27H,2-16H2,1H3/t17-,19+,20+,21-,22-/m1/s1. The number of ether oxygens (including phenoxy) is 2. The first-order chi connectivity index (χ1) is 14.0. The van der Waals surface area contributed by atoms with Crippen LogP contribution in [0, 0.1) is 0 Å². The molecule has 1 saturated heterocycles. The molecule has 5 atom stereocenters. The number of hydrogen-bond acceptors (Lipinski definition) is 7. The lowest BCUT2D eigenvalue weighted by Gasteiger charge is -2.39. The van der Waals surface area contributed by atoms with Crippen molar-refractivity contribution < 1.29 is 34.7 Å². The van der Waals surface area contributed by atoms with E-state index in [0.717, 1.165) is 12.8 Å². The van der Waals surface area contributed by atoms with E-state index in [9.17, 15) is 20.1 Å². The van der Waals surface area contributed by atoms with Crippen LogP contribution in [0.4, 0.5) is 0 Å². The van der Waals surface area contributed by atoms with E-state index in [-0.39, 0.29) is 6.42 Å². The monoisotopic (exact) mass is 418 g/mol. The summed E-state index contributed by atoms with van der Waals surface area (Å²) in [6.45, 7) is 1.70. The van der Waals surface area contributed by atoms with E-state index in [1.807, 2.05) is 0 Å². The predicted molar refractivity (Wildman–Crippen MR) is 110 cm³/mol. The van der Waals surface area contributed by atoms with Crippen molar-refractivity contribution in [2.24, 2.45) is 0 Å². The zero-order valence-electron chi connectivity index (χ0n) is 18.0. The van der Waals surface area contributed by atoms with Crippen LogP contribution in [0.1, 0.15) is 96.8 Å². The molecule has 1 rings (SSSR count). The topological polar surface area (TPSA) is 116 Å². The second-order valence-electron chi connectivity index (χ2n) is 8.18. The van der Waals surface area contributed by atoms with Gasteiger partial charge in [0.05, 0.1) is 6.61 Å². The van der Waals surface area contributed by atoms with Gasteiger partial charge in [-0.25, -0.2) is 0 Å². The third-order valence-electron chi connectivity index (χ3n) is 5.58. The molecule has 0 aromatic heterocycles. The number of aliphatic hydroxyl groups excluding tert-OH is 4. The molecular weight excluding hydrogens is 376 g/mol. The largest absolute Gasteiger partial charge is 0.433 e. The maximum Gasteiger partial charge on any atom is 0.308 e. The Kier molecular flexibility index (Phi) is 14.5. The van der Waals surface area contributed by atoms with Gasteiger partial charge in [0.1, 0.15) is 24.4 Å². The fourth-order valence-electron chi connectivity index (χ4n) is 3.64. The van der Waals surface area contributed by atoms with Crippen LogP contribution in [-0.4, -0.2) is 63.7 Å².